The van der Waals surface area contributed by atoms with Crippen LogP contribution in [0.3, 0.4) is 0 Å². The number of nitrogens with zero attached hydrogens (tertiary/aromatic N) is 3. The number of hydrogen-bond acceptors (Lipinski definition) is 7. The van der Waals surface area contributed by atoms with Crippen molar-refractivity contribution in [3.63, 3.8) is 0 Å². The van der Waals surface area contributed by atoms with Crippen molar-refractivity contribution in [1.82, 2.24) is 9.97 Å². The SMILES string of the molecule is O=[N+]([O-])c1ccccc1CNc1cc(-c2cccc(OC(F)(F)F)c2)nc(NC2CCCCC2)n1. The van der Waals surface area contributed by atoms with E-state index in [1.165, 1.54) is 30.7 Å². The monoisotopic (exact) mass is 487 g/mol. The number of para-hydroxylation sites is 1. The fourth-order valence-corrected chi connectivity index (χ4v) is 4.06. The van der Waals surface area contributed by atoms with Gasteiger partial charge in [-0.15, -0.1) is 13.2 Å². The van der Waals surface area contributed by atoms with E-state index < -0.39 is 11.3 Å². The molecule has 0 atom stereocenters. The Morgan fingerprint density at radius 2 is 1.80 bits per heavy atom. The Kier molecular flexibility index (Phi) is 7.33. The zero-order valence-electron chi connectivity index (χ0n) is 18.7. The largest absolute Gasteiger partial charge is 0.573 e. The van der Waals surface area contributed by atoms with Crippen LogP contribution in [0.2, 0.25) is 0 Å². The minimum absolute atomic E-state index is 0.0214. The van der Waals surface area contributed by atoms with E-state index in [1.807, 2.05) is 0 Å². The van der Waals surface area contributed by atoms with Crippen LogP contribution in [0.4, 0.5) is 30.6 Å². The first kappa shape index (κ1) is 24.2. The Hall–Kier alpha value is -3.89. The standard InChI is InChI=1S/C24H24F3N5O3/c25-24(26,27)35-19-11-6-8-16(13-19)20-14-22(28-15-17-7-4-5-12-21(17)32(33)34)31-23(30-20)29-18-9-2-1-3-10-18/h4-8,11-14,18H,1-3,9-10,15H2,(H2,28,29,30,31). The fourth-order valence-electron chi connectivity index (χ4n) is 4.06. The maximum Gasteiger partial charge on any atom is 0.573 e. The van der Waals surface area contributed by atoms with Crippen molar-refractivity contribution in [2.24, 2.45) is 0 Å². The fraction of sp³-hybridized carbons (Fsp3) is 0.333. The van der Waals surface area contributed by atoms with Crippen LogP contribution in [0.5, 0.6) is 5.75 Å². The Bertz CT molecular complexity index is 1180. The molecule has 35 heavy (non-hydrogen) atoms. The average molecular weight is 487 g/mol. The first-order chi connectivity index (χ1) is 16.8. The van der Waals surface area contributed by atoms with E-state index in [0.29, 0.717) is 28.6 Å². The van der Waals surface area contributed by atoms with Gasteiger partial charge in [-0.25, -0.2) is 4.98 Å². The van der Waals surface area contributed by atoms with Gasteiger partial charge < -0.3 is 15.4 Å². The number of halogens is 3. The smallest absolute Gasteiger partial charge is 0.406 e. The number of hydrogen-bond donors (Lipinski definition) is 2. The molecular formula is C24H24F3N5O3. The predicted octanol–water partition coefficient (Wildman–Crippen LogP) is 6.31. The third kappa shape index (κ3) is 6.81. The number of rotatable bonds is 8. The lowest BCUT2D eigenvalue weighted by atomic mass is 9.96. The van der Waals surface area contributed by atoms with Crippen molar-refractivity contribution in [3.05, 3.63) is 70.3 Å². The quantitative estimate of drug-likeness (QED) is 0.284. The van der Waals surface area contributed by atoms with Gasteiger partial charge in [0.15, 0.2) is 0 Å². The molecule has 2 aromatic carbocycles. The van der Waals surface area contributed by atoms with Crippen LogP contribution in [0, 0.1) is 10.1 Å². The second-order valence-corrected chi connectivity index (χ2v) is 8.26. The molecule has 3 aromatic rings. The van der Waals surface area contributed by atoms with E-state index in [1.54, 1.807) is 30.3 Å². The van der Waals surface area contributed by atoms with E-state index in [0.717, 1.165) is 25.7 Å². The van der Waals surface area contributed by atoms with Crippen molar-refractivity contribution >= 4 is 17.5 Å². The highest BCUT2D eigenvalue weighted by Crippen LogP contribution is 2.30. The van der Waals surface area contributed by atoms with Gasteiger partial charge in [-0.1, -0.05) is 49.6 Å². The molecule has 1 aromatic heterocycles. The normalized spacial score (nSPS) is 14.4. The zero-order chi connectivity index (χ0) is 24.8. The van der Waals surface area contributed by atoms with Gasteiger partial charge in [0.25, 0.3) is 5.69 Å². The van der Waals surface area contributed by atoms with E-state index >= 15 is 0 Å². The van der Waals surface area contributed by atoms with Crippen molar-refractivity contribution in [1.29, 1.82) is 0 Å². The summed E-state index contributed by atoms with van der Waals surface area (Å²) in [5.41, 5.74) is 1.25. The Morgan fingerprint density at radius 1 is 1.03 bits per heavy atom. The van der Waals surface area contributed by atoms with Crippen molar-refractivity contribution in [2.45, 2.75) is 51.1 Å². The molecule has 0 bridgehead atoms. The minimum Gasteiger partial charge on any atom is -0.406 e. The van der Waals surface area contributed by atoms with Gasteiger partial charge >= 0.3 is 6.36 Å². The summed E-state index contributed by atoms with van der Waals surface area (Å²) in [6.07, 6.45) is 0.500. The number of aromatic nitrogens is 2. The Labute approximate surface area is 199 Å². The van der Waals surface area contributed by atoms with E-state index in [-0.39, 0.29) is 24.0 Å². The third-order valence-corrected chi connectivity index (χ3v) is 5.68. The summed E-state index contributed by atoms with van der Waals surface area (Å²) in [5, 5.41) is 17.7. The maximum absolute atomic E-state index is 12.7. The molecule has 1 aliphatic rings. The highest BCUT2D eigenvalue weighted by Gasteiger charge is 2.31. The summed E-state index contributed by atoms with van der Waals surface area (Å²) in [7, 11) is 0. The maximum atomic E-state index is 12.7. The molecule has 4 rings (SSSR count). The molecule has 0 radical (unpaired) electrons. The summed E-state index contributed by atoms with van der Waals surface area (Å²) in [6, 6.07) is 13.7. The number of nitrogens with one attached hydrogen (secondary N) is 2. The molecule has 1 aliphatic carbocycles. The number of ether oxygens (including phenoxy) is 1. The number of nitro benzene ring substituents is 1. The molecule has 184 valence electrons. The number of anilines is 2. The van der Waals surface area contributed by atoms with Gasteiger partial charge in [-0.3, -0.25) is 10.1 Å². The molecule has 1 heterocycles. The van der Waals surface area contributed by atoms with Gasteiger partial charge in [0.1, 0.15) is 11.6 Å². The second kappa shape index (κ2) is 10.6. The van der Waals surface area contributed by atoms with Gasteiger partial charge in [-0.2, -0.15) is 4.98 Å². The van der Waals surface area contributed by atoms with E-state index in [4.69, 9.17) is 0 Å². The predicted molar refractivity (Wildman–Crippen MR) is 125 cm³/mol. The summed E-state index contributed by atoms with van der Waals surface area (Å²) in [4.78, 5) is 19.9. The minimum atomic E-state index is -4.81. The van der Waals surface area contributed by atoms with Gasteiger partial charge in [-0.05, 0) is 25.0 Å². The van der Waals surface area contributed by atoms with Crippen LogP contribution in [-0.2, 0) is 6.54 Å². The van der Waals surface area contributed by atoms with Crippen LogP contribution >= 0.6 is 0 Å². The molecule has 1 saturated carbocycles. The number of nitro groups is 1. The molecule has 0 saturated heterocycles. The topological polar surface area (TPSA) is 102 Å². The van der Waals surface area contributed by atoms with Crippen molar-refractivity contribution in [2.75, 3.05) is 10.6 Å². The second-order valence-electron chi connectivity index (χ2n) is 8.26. The number of benzene rings is 2. The molecule has 2 N–H and O–H groups in total. The lowest BCUT2D eigenvalue weighted by Gasteiger charge is -2.23. The van der Waals surface area contributed by atoms with Crippen LogP contribution in [0.15, 0.2) is 54.6 Å². The van der Waals surface area contributed by atoms with Crippen molar-refractivity contribution < 1.29 is 22.8 Å². The Balaban J connectivity index is 1.63. The summed E-state index contributed by atoms with van der Waals surface area (Å²) >= 11 is 0. The summed E-state index contributed by atoms with van der Waals surface area (Å²) in [5.74, 6) is 0.361. The first-order valence-electron chi connectivity index (χ1n) is 11.2. The molecular weight excluding hydrogens is 463 g/mol. The van der Waals surface area contributed by atoms with Crippen LogP contribution in [0.1, 0.15) is 37.7 Å². The van der Waals surface area contributed by atoms with Crippen LogP contribution in [0.25, 0.3) is 11.3 Å². The molecule has 1 fully saturated rings. The average Bonchev–Trinajstić information content (AvgIpc) is 2.82. The van der Waals surface area contributed by atoms with Gasteiger partial charge in [0, 0.05) is 35.8 Å². The third-order valence-electron chi connectivity index (χ3n) is 5.68. The molecule has 8 nitrogen and oxygen atoms in total. The van der Waals surface area contributed by atoms with E-state index in [2.05, 4.69) is 25.3 Å². The first-order valence-corrected chi connectivity index (χ1v) is 11.2. The summed E-state index contributed by atoms with van der Waals surface area (Å²) < 4.78 is 42.1. The lowest BCUT2D eigenvalue weighted by molar-refractivity contribution is -0.385. The van der Waals surface area contributed by atoms with Crippen LogP contribution in [-0.4, -0.2) is 27.3 Å². The van der Waals surface area contributed by atoms with E-state index in [9.17, 15) is 23.3 Å². The molecule has 11 heteroatoms. The lowest BCUT2D eigenvalue weighted by Crippen LogP contribution is -2.23. The highest BCUT2D eigenvalue weighted by molar-refractivity contribution is 5.66. The number of alkyl halides is 3. The van der Waals surface area contributed by atoms with Crippen molar-refractivity contribution in [3.8, 4) is 17.0 Å². The zero-order valence-corrected chi connectivity index (χ0v) is 18.7. The highest BCUT2D eigenvalue weighted by atomic mass is 19.4. The molecule has 0 aliphatic heterocycles. The summed E-state index contributed by atoms with van der Waals surface area (Å²) in [6.45, 7) is 0.133. The van der Waals surface area contributed by atoms with Crippen LogP contribution < -0.4 is 15.4 Å². The molecule has 0 spiro atoms. The van der Waals surface area contributed by atoms with Gasteiger partial charge in [0.2, 0.25) is 5.95 Å². The molecule has 0 unspecified atom stereocenters. The Morgan fingerprint density at radius 3 is 2.54 bits per heavy atom. The van der Waals surface area contributed by atoms with Gasteiger partial charge in [0.05, 0.1) is 10.6 Å². The molecule has 0 amide bonds.